The van der Waals surface area contributed by atoms with Crippen LogP contribution in [0.15, 0.2) is 11.1 Å². The standard InChI is InChI=1S/C12H20BrNO2/c1-9(2)11(15)7-5-4-6-8-14-12(16)10(3)13/h9H,3-8H2,1-2H3,(H,14,16). The molecule has 0 spiro atoms. The molecule has 0 radical (unpaired) electrons. The van der Waals surface area contributed by atoms with Crippen molar-refractivity contribution in [3.05, 3.63) is 11.1 Å². The van der Waals surface area contributed by atoms with E-state index in [4.69, 9.17) is 0 Å². The van der Waals surface area contributed by atoms with Crippen LogP contribution >= 0.6 is 15.9 Å². The number of carbonyl (C=O) groups excluding carboxylic acids is 2. The quantitative estimate of drug-likeness (QED) is 0.552. The van der Waals surface area contributed by atoms with Gasteiger partial charge in [-0.3, -0.25) is 9.59 Å². The molecular weight excluding hydrogens is 270 g/mol. The fourth-order valence-electron chi connectivity index (χ4n) is 1.19. The summed E-state index contributed by atoms with van der Waals surface area (Å²) in [5.74, 6) is 0.285. The lowest BCUT2D eigenvalue weighted by Gasteiger charge is -2.05. The second-order valence-electron chi connectivity index (χ2n) is 4.09. The number of hydrogen-bond donors (Lipinski definition) is 1. The number of nitrogens with one attached hydrogen (secondary N) is 1. The van der Waals surface area contributed by atoms with E-state index in [1.807, 2.05) is 13.8 Å². The molecule has 0 aliphatic rings. The zero-order valence-corrected chi connectivity index (χ0v) is 11.6. The third-order valence-electron chi connectivity index (χ3n) is 2.28. The predicted molar refractivity (Wildman–Crippen MR) is 69.4 cm³/mol. The van der Waals surface area contributed by atoms with E-state index in [1.54, 1.807) is 0 Å². The van der Waals surface area contributed by atoms with Gasteiger partial charge in [0.1, 0.15) is 5.78 Å². The van der Waals surface area contributed by atoms with Crippen molar-refractivity contribution in [1.82, 2.24) is 5.32 Å². The zero-order chi connectivity index (χ0) is 12.6. The molecule has 0 unspecified atom stereocenters. The molecule has 0 aromatic carbocycles. The molecule has 4 heteroatoms. The molecule has 0 fully saturated rings. The lowest BCUT2D eigenvalue weighted by atomic mass is 10.0. The molecule has 0 bridgehead atoms. The van der Waals surface area contributed by atoms with Crippen LogP contribution in [0, 0.1) is 5.92 Å². The normalized spacial score (nSPS) is 10.2. The molecule has 0 aromatic rings. The summed E-state index contributed by atoms with van der Waals surface area (Å²) < 4.78 is 0.350. The van der Waals surface area contributed by atoms with E-state index >= 15 is 0 Å². The van der Waals surface area contributed by atoms with Crippen molar-refractivity contribution in [1.29, 1.82) is 0 Å². The smallest absolute Gasteiger partial charge is 0.257 e. The molecule has 0 rings (SSSR count). The summed E-state index contributed by atoms with van der Waals surface area (Å²) in [6.45, 7) is 7.95. The molecular formula is C12H20BrNO2. The number of unbranched alkanes of at least 4 members (excludes halogenated alkanes) is 2. The Bertz CT molecular complexity index is 262. The van der Waals surface area contributed by atoms with E-state index in [0.29, 0.717) is 23.2 Å². The molecule has 0 aromatic heterocycles. The number of rotatable bonds is 8. The molecule has 16 heavy (non-hydrogen) atoms. The number of Topliss-reactive ketones (excluding diaryl/α,β-unsaturated/α-hetero) is 1. The molecule has 3 nitrogen and oxygen atoms in total. The highest BCUT2D eigenvalue weighted by atomic mass is 79.9. The van der Waals surface area contributed by atoms with Crippen LogP contribution in [-0.4, -0.2) is 18.2 Å². The minimum absolute atomic E-state index is 0.136. The molecule has 0 atom stereocenters. The fourth-order valence-corrected chi connectivity index (χ4v) is 1.33. The van der Waals surface area contributed by atoms with Gasteiger partial charge in [0.25, 0.3) is 5.91 Å². The molecule has 0 heterocycles. The largest absolute Gasteiger partial charge is 0.352 e. The van der Waals surface area contributed by atoms with Gasteiger partial charge in [0.2, 0.25) is 0 Å². The highest BCUT2D eigenvalue weighted by molar-refractivity contribution is 9.12. The first-order valence-electron chi connectivity index (χ1n) is 5.60. The van der Waals surface area contributed by atoms with Crippen molar-refractivity contribution in [3.8, 4) is 0 Å². The van der Waals surface area contributed by atoms with Crippen LogP contribution in [0.25, 0.3) is 0 Å². The fraction of sp³-hybridized carbons (Fsp3) is 0.667. The Kier molecular flexibility index (Phi) is 8.16. The third kappa shape index (κ3) is 7.63. The average molecular weight is 290 g/mol. The van der Waals surface area contributed by atoms with Crippen LogP contribution in [-0.2, 0) is 9.59 Å². The average Bonchev–Trinajstić information content (AvgIpc) is 2.21. The van der Waals surface area contributed by atoms with E-state index in [1.165, 1.54) is 0 Å². The van der Waals surface area contributed by atoms with E-state index < -0.39 is 0 Å². The van der Waals surface area contributed by atoms with Crippen LogP contribution in [0.5, 0.6) is 0 Å². The van der Waals surface area contributed by atoms with Crippen LogP contribution in [0.1, 0.15) is 39.5 Å². The van der Waals surface area contributed by atoms with Crippen LogP contribution in [0.4, 0.5) is 0 Å². The number of carbonyl (C=O) groups is 2. The number of ketones is 1. The monoisotopic (exact) mass is 289 g/mol. The van der Waals surface area contributed by atoms with Crippen molar-refractivity contribution < 1.29 is 9.59 Å². The van der Waals surface area contributed by atoms with E-state index in [9.17, 15) is 9.59 Å². The molecule has 0 aliphatic carbocycles. The van der Waals surface area contributed by atoms with Gasteiger partial charge in [-0.05, 0) is 28.8 Å². The van der Waals surface area contributed by atoms with Gasteiger partial charge in [0, 0.05) is 18.9 Å². The first-order chi connectivity index (χ1) is 7.45. The molecule has 92 valence electrons. The van der Waals surface area contributed by atoms with Crippen molar-refractivity contribution in [3.63, 3.8) is 0 Å². The zero-order valence-electron chi connectivity index (χ0n) is 10.0. The van der Waals surface area contributed by atoms with E-state index in [0.717, 1.165) is 19.3 Å². The minimum Gasteiger partial charge on any atom is -0.352 e. The molecule has 0 aliphatic heterocycles. The second kappa shape index (κ2) is 8.50. The maximum atomic E-state index is 11.3. The summed E-state index contributed by atoms with van der Waals surface area (Å²) in [6, 6.07) is 0. The summed E-state index contributed by atoms with van der Waals surface area (Å²) in [6.07, 6.45) is 3.42. The Morgan fingerprint density at radius 1 is 1.25 bits per heavy atom. The van der Waals surface area contributed by atoms with Crippen LogP contribution in [0.2, 0.25) is 0 Å². The SMILES string of the molecule is C=C(Br)C(=O)NCCCCCC(=O)C(C)C. The van der Waals surface area contributed by atoms with Crippen molar-refractivity contribution >= 4 is 27.6 Å². The van der Waals surface area contributed by atoms with E-state index in [-0.39, 0.29) is 11.8 Å². The van der Waals surface area contributed by atoms with Gasteiger partial charge in [-0.2, -0.15) is 0 Å². The van der Waals surface area contributed by atoms with Gasteiger partial charge >= 0.3 is 0 Å². The Balaban J connectivity index is 3.38. The van der Waals surface area contributed by atoms with Gasteiger partial charge in [0.05, 0.1) is 4.48 Å². The summed E-state index contributed by atoms with van der Waals surface area (Å²) >= 11 is 3.01. The molecule has 1 amide bonds. The Hall–Kier alpha value is -0.640. The Morgan fingerprint density at radius 3 is 2.38 bits per heavy atom. The molecule has 0 saturated carbocycles. The van der Waals surface area contributed by atoms with Crippen LogP contribution in [0.3, 0.4) is 0 Å². The number of halogens is 1. The maximum Gasteiger partial charge on any atom is 0.257 e. The molecule has 1 N–H and O–H groups in total. The summed E-state index contributed by atoms with van der Waals surface area (Å²) in [5.41, 5.74) is 0. The minimum atomic E-state index is -0.168. The summed E-state index contributed by atoms with van der Waals surface area (Å²) in [4.78, 5) is 22.3. The van der Waals surface area contributed by atoms with Gasteiger partial charge in [0.15, 0.2) is 0 Å². The Labute approximate surface area is 106 Å². The van der Waals surface area contributed by atoms with Crippen molar-refractivity contribution in [2.24, 2.45) is 5.92 Å². The lowest BCUT2D eigenvalue weighted by Crippen LogP contribution is -2.23. The number of amides is 1. The maximum absolute atomic E-state index is 11.3. The Morgan fingerprint density at radius 2 is 1.88 bits per heavy atom. The lowest BCUT2D eigenvalue weighted by molar-refractivity contribution is -0.122. The van der Waals surface area contributed by atoms with E-state index in [2.05, 4.69) is 27.8 Å². The number of hydrogen-bond acceptors (Lipinski definition) is 2. The summed E-state index contributed by atoms with van der Waals surface area (Å²) in [5, 5.41) is 2.72. The van der Waals surface area contributed by atoms with Gasteiger partial charge in [-0.1, -0.05) is 26.8 Å². The first kappa shape index (κ1) is 15.4. The first-order valence-corrected chi connectivity index (χ1v) is 6.39. The highest BCUT2D eigenvalue weighted by Crippen LogP contribution is 2.06. The second-order valence-corrected chi connectivity index (χ2v) is 5.05. The molecule has 0 saturated heterocycles. The highest BCUT2D eigenvalue weighted by Gasteiger charge is 2.06. The topological polar surface area (TPSA) is 46.2 Å². The van der Waals surface area contributed by atoms with Gasteiger partial charge in [-0.25, -0.2) is 0 Å². The van der Waals surface area contributed by atoms with Crippen LogP contribution < -0.4 is 5.32 Å². The third-order valence-corrected chi connectivity index (χ3v) is 2.64. The van der Waals surface area contributed by atoms with Gasteiger partial charge in [-0.15, -0.1) is 0 Å². The van der Waals surface area contributed by atoms with Crippen molar-refractivity contribution in [2.45, 2.75) is 39.5 Å². The van der Waals surface area contributed by atoms with Crippen molar-refractivity contribution in [2.75, 3.05) is 6.54 Å². The predicted octanol–water partition coefficient (Wildman–Crippen LogP) is 2.80. The summed E-state index contributed by atoms with van der Waals surface area (Å²) in [7, 11) is 0. The van der Waals surface area contributed by atoms with Gasteiger partial charge < -0.3 is 5.32 Å².